The second-order valence-corrected chi connectivity index (χ2v) is 7.35. The zero-order chi connectivity index (χ0) is 19.3. The molecule has 0 unspecified atom stereocenters. The molecule has 2 aromatic rings. The number of aromatic nitrogens is 1. The molecule has 0 N–H and O–H groups in total. The highest BCUT2D eigenvalue weighted by Gasteiger charge is 2.36. The van der Waals surface area contributed by atoms with E-state index in [9.17, 15) is 14.4 Å². The van der Waals surface area contributed by atoms with Gasteiger partial charge in [0.15, 0.2) is 5.75 Å². The predicted molar refractivity (Wildman–Crippen MR) is 102 cm³/mol. The van der Waals surface area contributed by atoms with E-state index in [1.807, 2.05) is 16.7 Å². The molecule has 4 nitrogen and oxygen atoms in total. The van der Waals surface area contributed by atoms with Gasteiger partial charge in [0.05, 0.1) is 12.8 Å². The molecule has 1 fully saturated rings. The smallest absolute Gasteiger partial charge is 0.241 e. The van der Waals surface area contributed by atoms with Crippen LogP contribution in [0, 0.1) is 17.1 Å². The van der Waals surface area contributed by atoms with Crippen molar-refractivity contribution in [2.24, 2.45) is 0 Å². The number of ether oxygens (including phenoxy) is 1. The van der Waals surface area contributed by atoms with Gasteiger partial charge in [-0.25, -0.2) is 4.39 Å². The van der Waals surface area contributed by atoms with Crippen molar-refractivity contribution in [3.63, 3.8) is 0 Å². The molecule has 1 aliphatic carbocycles. The number of hydrogen-bond acceptors (Lipinski definition) is 3. The first-order valence-corrected chi connectivity index (χ1v) is 9.61. The van der Waals surface area contributed by atoms with E-state index in [2.05, 4.69) is 6.92 Å². The zero-order valence-corrected chi connectivity index (χ0v) is 15.7. The molecular formula is C22H25FN2O2. The highest BCUT2D eigenvalue weighted by Crippen LogP contribution is 2.42. The van der Waals surface area contributed by atoms with Gasteiger partial charge in [0.1, 0.15) is 17.4 Å². The van der Waals surface area contributed by atoms with Gasteiger partial charge in [-0.1, -0.05) is 38.3 Å². The monoisotopic (exact) mass is 368 g/mol. The normalized spacial score (nSPS) is 15.4. The van der Waals surface area contributed by atoms with Crippen LogP contribution in [0.4, 0.5) is 4.39 Å². The zero-order valence-electron chi connectivity index (χ0n) is 15.7. The Bertz CT molecular complexity index is 892. The van der Waals surface area contributed by atoms with Gasteiger partial charge in [-0.2, -0.15) is 5.26 Å². The number of unbranched alkanes of at least 4 members (excludes halogenated alkanes) is 1. The highest BCUT2D eigenvalue weighted by atomic mass is 19.1. The first-order valence-electron chi connectivity index (χ1n) is 9.61. The molecule has 1 aliphatic rings. The standard InChI is InChI=1S/C22H25FN2O2/c1-2-3-11-27-20-15-25(14-17(13-24)21(20)26)16-22(9-4-5-10-22)18-7-6-8-19(23)12-18/h6-8,12,14-15H,2-5,9-11,16H2,1H3. The minimum absolute atomic E-state index is 0.0800. The first-order chi connectivity index (χ1) is 13.1. The molecule has 0 spiro atoms. The minimum atomic E-state index is -0.365. The van der Waals surface area contributed by atoms with Crippen molar-refractivity contribution in [2.45, 2.75) is 57.4 Å². The fraction of sp³-hybridized carbons (Fsp3) is 0.455. The first kappa shape index (κ1) is 19.2. The van der Waals surface area contributed by atoms with Crippen LogP contribution in [-0.4, -0.2) is 11.2 Å². The van der Waals surface area contributed by atoms with Gasteiger partial charge in [0.2, 0.25) is 5.43 Å². The number of benzene rings is 1. The Hall–Kier alpha value is -2.61. The van der Waals surface area contributed by atoms with E-state index in [1.54, 1.807) is 24.5 Å². The number of nitriles is 1. The number of rotatable bonds is 7. The fourth-order valence-corrected chi connectivity index (χ4v) is 3.96. The van der Waals surface area contributed by atoms with Gasteiger partial charge in [-0.05, 0) is 37.0 Å². The summed E-state index contributed by atoms with van der Waals surface area (Å²) in [6.07, 6.45) is 9.18. The maximum Gasteiger partial charge on any atom is 0.241 e. The lowest BCUT2D eigenvalue weighted by Gasteiger charge is -2.31. The van der Waals surface area contributed by atoms with Crippen LogP contribution in [0.2, 0.25) is 0 Å². The topological polar surface area (TPSA) is 55.0 Å². The maximum atomic E-state index is 13.8. The van der Waals surface area contributed by atoms with Gasteiger partial charge in [-0.15, -0.1) is 0 Å². The minimum Gasteiger partial charge on any atom is -0.488 e. The third-order valence-corrected chi connectivity index (χ3v) is 5.41. The second kappa shape index (κ2) is 8.39. The molecule has 0 aliphatic heterocycles. The van der Waals surface area contributed by atoms with Crippen molar-refractivity contribution in [1.29, 1.82) is 5.26 Å². The third kappa shape index (κ3) is 4.21. The average molecular weight is 368 g/mol. The second-order valence-electron chi connectivity index (χ2n) is 7.35. The molecule has 1 heterocycles. The molecule has 0 radical (unpaired) electrons. The van der Waals surface area contributed by atoms with Crippen molar-refractivity contribution in [3.8, 4) is 11.8 Å². The van der Waals surface area contributed by atoms with Gasteiger partial charge in [0.25, 0.3) is 0 Å². The highest BCUT2D eigenvalue weighted by molar-refractivity contribution is 5.34. The van der Waals surface area contributed by atoms with Crippen LogP contribution < -0.4 is 10.2 Å². The molecule has 0 bridgehead atoms. The lowest BCUT2D eigenvalue weighted by Crippen LogP contribution is -2.29. The van der Waals surface area contributed by atoms with E-state index in [0.717, 1.165) is 44.1 Å². The molecule has 3 rings (SSSR count). The summed E-state index contributed by atoms with van der Waals surface area (Å²) in [4.78, 5) is 12.4. The molecule has 27 heavy (non-hydrogen) atoms. The summed E-state index contributed by atoms with van der Waals surface area (Å²) >= 11 is 0. The summed E-state index contributed by atoms with van der Waals surface area (Å²) in [6.45, 7) is 3.10. The molecule has 1 saturated carbocycles. The Kier molecular flexibility index (Phi) is 5.95. The van der Waals surface area contributed by atoms with E-state index in [0.29, 0.717) is 13.2 Å². The van der Waals surface area contributed by atoms with Crippen LogP contribution in [0.15, 0.2) is 41.5 Å². The molecule has 0 saturated heterocycles. The van der Waals surface area contributed by atoms with Gasteiger partial charge < -0.3 is 9.30 Å². The summed E-state index contributed by atoms with van der Waals surface area (Å²) in [5.41, 5.74) is 0.503. The lowest BCUT2D eigenvalue weighted by molar-refractivity contribution is 0.299. The van der Waals surface area contributed by atoms with Crippen molar-refractivity contribution in [2.75, 3.05) is 6.61 Å². The van der Waals surface area contributed by atoms with Crippen LogP contribution in [-0.2, 0) is 12.0 Å². The molecule has 1 aromatic carbocycles. The van der Waals surface area contributed by atoms with Crippen LogP contribution in [0.3, 0.4) is 0 Å². The van der Waals surface area contributed by atoms with Gasteiger partial charge in [0, 0.05) is 18.2 Å². The van der Waals surface area contributed by atoms with Crippen LogP contribution >= 0.6 is 0 Å². The third-order valence-electron chi connectivity index (χ3n) is 5.41. The van der Waals surface area contributed by atoms with E-state index in [1.165, 1.54) is 6.07 Å². The van der Waals surface area contributed by atoms with Crippen LogP contribution in [0.1, 0.15) is 56.6 Å². The summed E-state index contributed by atoms with van der Waals surface area (Å²) in [5, 5.41) is 9.35. The number of pyridine rings is 1. The summed E-state index contributed by atoms with van der Waals surface area (Å²) in [5.74, 6) is -0.0186. The number of halogens is 1. The molecule has 0 atom stereocenters. The van der Waals surface area contributed by atoms with Crippen LogP contribution in [0.25, 0.3) is 0 Å². The Morgan fingerprint density at radius 2 is 2.07 bits per heavy atom. The quantitative estimate of drug-likeness (QED) is 0.674. The van der Waals surface area contributed by atoms with E-state index in [4.69, 9.17) is 4.74 Å². The number of hydrogen-bond donors (Lipinski definition) is 0. The molecule has 0 amide bonds. The Labute approximate surface area is 159 Å². The van der Waals surface area contributed by atoms with Gasteiger partial charge in [-0.3, -0.25) is 4.79 Å². The lowest BCUT2D eigenvalue weighted by atomic mass is 9.78. The van der Waals surface area contributed by atoms with E-state index < -0.39 is 0 Å². The van der Waals surface area contributed by atoms with Gasteiger partial charge >= 0.3 is 0 Å². The Morgan fingerprint density at radius 3 is 2.74 bits per heavy atom. The average Bonchev–Trinajstić information content (AvgIpc) is 3.14. The molecular weight excluding hydrogens is 343 g/mol. The summed E-state index contributed by atoms with van der Waals surface area (Å²) < 4.78 is 21.3. The van der Waals surface area contributed by atoms with Crippen molar-refractivity contribution >= 4 is 0 Å². The summed E-state index contributed by atoms with van der Waals surface area (Å²) in [6, 6.07) is 8.76. The van der Waals surface area contributed by atoms with E-state index in [-0.39, 0.29) is 28.0 Å². The molecule has 1 aromatic heterocycles. The van der Waals surface area contributed by atoms with Crippen molar-refractivity contribution < 1.29 is 9.13 Å². The predicted octanol–water partition coefficient (Wildman–Crippen LogP) is 4.55. The number of nitrogens with zero attached hydrogens (tertiary/aromatic N) is 2. The molecule has 142 valence electrons. The maximum absolute atomic E-state index is 13.8. The molecule has 5 heteroatoms. The SMILES string of the molecule is CCCCOc1cn(CC2(c3cccc(F)c3)CCCC2)cc(C#N)c1=O. The van der Waals surface area contributed by atoms with Crippen molar-refractivity contribution in [3.05, 3.63) is 63.8 Å². The largest absolute Gasteiger partial charge is 0.488 e. The fourth-order valence-electron chi connectivity index (χ4n) is 3.96. The Balaban J connectivity index is 1.96. The Morgan fingerprint density at radius 1 is 1.30 bits per heavy atom. The van der Waals surface area contributed by atoms with Crippen LogP contribution in [0.5, 0.6) is 5.75 Å². The van der Waals surface area contributed by atoms with Crippen molar-refractivity contribution in [1.82, 2.24) is 4.57 Å². The van der Waals surface area contributed by atoms with E-state index >= 15 is 0 Å². The summed E-state index contributed by atoms with van der Waals surface area (Å²) in [7, 11) is 0.